The summed E-state index contributed by atoms with van der Waals surface area (Å²) in [5.74, 6) is 0.768. The van der Waals surface area contributed by atoms with Crippen LogP contribution in [0.5, 0.6) is 5.75 Å². The van der Waals surface area contributed by atoms with Crippen LogP contribution in [0, 0.1) is 0 Å². The molecule has 0 saturated heterocycles. The fraction of sp³-hybridized carbons (Fsp3) is 0.273. The van der Waals surface area contributed by atoms with Crippen molar-refractivity contribution in [3.63, 3.8) is 0 Å². The maximum absolute atomic E-state index is 5.86. The molecule has 0 aliphatic carbocycles. The second kappa shape index (κ2) is 5.03. The van der Waals surface area contributed by atoms with E-state index in [-0.39, 0.29) is 6.04 Å². The molecule has 0 aromatic heterocycles. The normalized spacial score (nSPS) is 12.2. The Morgan fingerprint density at radius 3 is 2.93 bits per heavy atom. The van der Waals surface area contributed by atoms with Crippen molar-refractivity contribution >= 4 is 11.6 Å². The first-order chi connectivity index (χ1) is 6.65. The van der Waals surface area contributed by atoms with Gasteiger partial charge in [0, 0.05) is 16.6 Å². The molecule has 1 rings (SSSR count). The van der Waals surface area contributed by atoms with Gasteiger partial charge in [-0.25, -0.2) is 0 Å². The molecule has 0 heterocycles. The largest absolute Gasteiger partial charge is 0.489 e. The molecular weight excluding hydrogens is 198 g/mol. The van der Waals surface area contributed by atoms with Crippen molar-refractivity contribution in [3.05, 3.63) is 41.4 Å². The third kappa shape index (κ3) is 2.76. The fourth-order valence-electron chi connectivity index (χ4n) is 1.16. The van der Waals surface area contributed by atoms with E-state index in [0.717, 1.165) is 11.3 Å². The lowest BCUT2D eigenvalue weighted by atomic mass is 10.1. The molecular formula is C11H14ClNO. The van der Waals surface area contributed by atoms with Gasteiger partial charge >= 0.3 is 0 Å². The molecule has 0 aliphatic rings. The minimum Gasteiger partial charge on any atom is -0.489 e. The highest BCUT2D eigenvalue weighted by molar-refractivity contribution is 6.30. The number of halogens is 1. The average Bonchev–Trinajstić information content (AvgIpc) is 2.15. The molecule has 0 bridgehead atoms. The highest BCUT2D eigenvalue weighted by Gasteiger charge is 2.08. The van der Waals surface area contributed by atoms with E-state index in [1.165, 1.54) is 0 Å². The SMILES string of the molecule is C=CCOc1ccc(Cl)cc1[C@@H](C)N. The molecule has 14 heavy (non-hydrogen) atoms. The monoisotopic (exact) mass is 211 g/mol. The lowest BCUT2D eigenvalue weighted by molar-refractivity contribution is 0.357. The molecule has 76 valence electrons. The smallest absolute Gasteiger partial charge is 0.124 e. The Kier molecular flexibility index (Phi) is 3.98. The molecule has 1 atom stereocenters. The van der Waals surface area contributed by atoms with Gasteiger partial charge in [0.1, 0.15) is 12.4 Å². The first-order valence-electron chi connectivity index (χ1n) is 4.44. The van der Waals surface area contributed by atoms with E-state index in [2.05, 4.69) is 6.58 Å². The van der Waals surface area contributed by atoms with E-state index >= 15 is 0 Å². The second-order valence-electron chi connectivity index (χ2n) is 3.07. The third-order valence-corrected chi connectivity index (χ3v) is 2.05. The molecule has 2 N–H and O–H groups in total. The Labute approximate surface area is 89.3 Å². The van der Waals surface area contributed by atoms with Gasteiger partial charge in [-0.05, 0) is 25.1 Å². The summed E-state index contributed by atoms with van der Waals surface area (Å²) in [6.07, 6.45) is 1.69. The lowest BCUT2D eigenvalue weighted by Crippen LogP contribution is -2.08. The zero-order chi connectivity index (χ0) is 10.6. The maximum Gasteiger partial charge on any atom is 0.124 e. The van der Waals surface area contributed by atoms with Crippen LogP contribution in [0.4, 0.5) is 0 Å². The predicted molar refractivity (Wildman–Crippen MR) is 59.7 cm³/mol. The van der Waals surface area contributed by atoms with Gasteiger partial charge in [-0.1, -0.05) is 24.3 Å². The summed E-state index contributed by atoms with van der Waals surface area (Å²) in [5.41, 5.74) is 6.71. The summed E-state index contributed by atoms with van der Waals surface area (Å²) in [4.78, 5) is 0. The van der Waals surface area contributed by atoms with Crippen LogP contribution in [-0.2, 0) is 0 Å². The van der Waals surface area contributed by atoms with E-state index in [1.54, 1.807) is 12.1 Å². The number of ether oxygens (including phenoxy) is 1. The Hall–Kier alpha value is -0.990. The Balaban J connectivity index is 2.95. The standard InChI is InChI=1S/C11H14ClNO/c1-3-6-14-11-5-4-9(12)7-10(11)8(2)13/h3-5,7-8H,1,6,13H2,2H3/t8-/m1/s1. The van der Waals surface area contributed by atoms with Gasteiger partial charge in [-0.15, -0.1) is 0 Å². The van der Waals surface area contributed by atoms with Crippen LogP contribution in [0.3, 0.4) is 0 Å². The van der Waals surface area contributed by atoms with Crippen LogP contribution >= 0.6 is 11.6 Å². The summed E-state index contributed by atoms with van der Waals surface area (Å²) in [6.45, 7) is 5.95. The second-order valence-corrected chi connectivity index (χ2v) is 3.51. The van der Waals surface area contributed by atoms with Crippen molar-refractivity contribution in [3.8, 4) is 5.75 Å². The minimum atomic E-state index is -0.0893. The van der Waals surface area contributed by atoms with Crippen LogP contribution in [0.1, 0.15) is 18.5 Å². The van der Waals surface area contributed by atoms with Crippen molar-refractivity contribution in [2.75, 3.05) is 6.61 Å². The third-order valence-electron chi connectivity index (χ3n) is 1.82. The van der Waals surface area contributed by atoms with E-state index in [1.807, 2.05) is 19.1 Å². The zero-order valence-corrected chi connectivity index (χ0v) is 8.92. The molecule has 1 aromatic rings. The zero-order valence-electron chi connectivity index (χ0n) is 8.16. The molecule has 0 amide bonds. The molecule has 0 spiro atoms. The molecule has 2 nitrogen and oxygen atoms in total. The Bertz CT molecular complexity index is 323. The summed E-state index contributed by atoms with van der Waals surface area (Å²) < 4.78 is 5.45. The first-order valence-corrected chi connectivity index (χ1v) is 4.81. The van der Waals surface area contributed by atoms with Crippen LogP contribution in [0.2, 0.25) is 5.02 Å². The van der Waals surface area contributed by atoms with Gasteiger partial charge < -0.3 is 10.5 Å². The first kappa shape index (κ1) is 11.1. The number of rotatable bonds is 4. The number of nitrogens with two attached hydrogens (primary N) is 1. The number of hydrogen-bond acceptors (Lipinski definition) is 2. The quantitative estimate of drug-likeness (QED) is 0.778. The predicted octanol–water partition coefficient (Wildman–Crippen LogP) is 2.92. The summed E-state index contributed by atoms with van der Waals surface area (Å²) in [6, 6.07) is 5.34. The van der Waals surface area contributed by atoms with Gasteiger partial charge in [-0.3, -0.25) is 0 Å². The molecule has 3 heteroatoms. The van der Waals surface area contributed by atoms with Crippen LogP contribution in [-0.4, -0.2) is 6.61 Å². The topological polar surface area (TPSA) is 35.2 Å². The van der Waals surface area contributed by atoms with E-state index in [0.29, 0.717) is 11.6 Å². The summed E-state index contributed by atoms with van der Waals surface area (Å²) >= 11 is 5.86. The van der Waals surface area contributed by atoms with Crippen molar-refractivity contribution in [2.24, 2.45) is 5.73 Å². The van der Waals surface area contributed by atoms with Crippen LogP contribution < -0.4 is 10.5 Å². The molecule has 1 aromatic carbocycles. The van der Waals surface area contributed by atoms with Crippen LogP contribution in [0.25, 0.3) is 0 Å². The van der Waals surface area contributed by atoms with Crippen molar-refractivity contribution in [1.82, 2.24) is 0 Å². The number of benzene rings is 1. The highest BCUT2D eigenvalue weighted by Crippen LogP contribution is 2.27. The fourth-order valence-corrected chi connectivity index (χ4v) is 1.34. The van der Waals surface area contributed by atoms with Crippen molar-refractivity contribution in [2.45, 2.75) is 13.0 Å². The molecule has 0 unspecified atom stereocenters. The molecule has 0 aliphatic heterocycles. The van der Waals surface area contributed by atoms with E-state index in [4.69, 9.17) is 22.1 Å². The summed E-state index contributed by atoms with van der Waals surface area (Å²) in [7, 11) is 0. The number of hydrogen-bond donors (Lipinski definition) is 1. The minimum absolute atomic E-state index is 0.0893. The van der Waals surface area contributed by atoms with Gasteiger partial charge in [0.25, 0.3) is 0 Å². The maximum atomic E-state index is 5.86. The molecule has 0 saturated carbocycles. The Morgan fingerprint density at radius 1 is 1.64 bits per heavy atom. The average molecular weight is 212 g/mol. The van der Waals surface area contributed by atoms with Crippen LogP contribution in [0.15, 0.2) is 30.9 Å². The van der Waals surface area contributed by atoms with Crippen molar-refractivity contribution in [1.29, 1.82) is 0 Å². The molecule has 0 fully saturated rings. The van der Waals surface area contributed by atoms with Crippen molar-refractivity contribution < 1.29 is 4.74 Å². The Morgan fingerprint density at radius 2 is 2.36 bits per heavy atom. The van der Waals surface area contributed by atoms with Gasteiger partial charge in [0.2, 0.25) is 0 Å². The molecule has 0 radical (unpaired) electrons. The van der Waals surface area contributed by atoms with Gasteiger partial charge in [0.15, 0.2) is 0 Å². The highest BCUT2D eigenvalue weighted by atomic mass is 35.5. The van der Waals surface area contributed by atoms with E-state index in [9.17, 15) is 0 Å². The lowest BCUT2D eigenvalue weighted by Gasteiger charge is -2.13. The van der Waals surface area contributed by atoms with E-state index < -0.39 is 0 Å². The van der Waals surface area contributed by atoms with Gasteiger partial charge in [0.05, 0.1) is 0 Å². The summed E-state index contributed by atoms with van der Waals surface area (Å²) in [5, 5.41) is 0.670. The van der Waals surface area contributed by atoms with Gasteiger partial charge in [-0.2, -0.15) is 0 Å².